The van der Waals surface area contributed by atoms with E-state index in [1.807, 2.05) is 0 Å². The zero-order chi connectivity index (χ0) is 42.6. The van der Waals surface area contributed by atoms with Crippen molar-refractivity contribution in [2.75, 3.05) is 27.4 Å². The number of ketones is 3. The number of azide groups is 1. The Balaban J connectivity index is 1.85. The van der Waals surface area contributed by atoms with Gasteiger partial charge in [0.15, 0.2) is 5.78 Å². The fourth-order valence-corrected chi connectivity index (χ4v) is 8.12. The number of aliphatic hydroxyl groups is 3. The lowest BCUT2D eigenvalue weighted by Crippen LogP contribution is -2.61. The van der Waals surface area contributed by atoms with Gasteiger partial charge in [0.05, 0.1) is 18.2 Å². The number of amides is 1. The summed E-state index contributed by atoms with van der Waals surface area (Å²) in [6, 6.07) is -2.41. The number of ether oxygens (including phenoxy) is 4. The van der Waals surface area contributed by atoms with Crippen LogP contribution < -0.4 is 5.73 Å². The summed E-state index contributed by atoms with van der Waals surface area (Å²) in [7, 11) is 3.06. The molecule has 1 saturated carbocycles. The van der Waals surface area contributed by atoms with Gasteiger partial charge in [0.1, 0.15) is 30.1 Å². The molecule has 1 unspecified atom stereocenters. The maximum Gasteiger partial charge on any atom is 0.329 e. The second kappa shape index (κ2) is 22.2. The van der Waals surface area contributed by atoms with Crippen LogP contribution in [0, 0.1) is 23.7 Å². The molecule has 17 nitrogen and oxygen atoms in total. The van der Waals surface area contributed by atoms with Crippen LogP contribution in [0.1, 0.15) is 105 Å². The molecular formula is C40H65N5O12. The molecule has 3 fully saturated rings. The van der Waals surface area contributed by atoms with Crippen molar-refractivity contribution in [3.63, 3.8) is 0 Å². The van der Waals surface area contributed by atoms with Gasteiger partial charge >= 0.3 is 5.97 Å². The molecule has 3 rings (SSSR count). The van der Waals surface area contributed by atoms with Crippen molar-refractivity contribution in [3.8, 4) is 0 Å². The molecular weight excluding hydrogens is 742 g/mol. The summed E-state index contributed by atoms with van der Waals surface area (Å²) < 4.78 is 22.6. The summed E-state index contributed by atoms with van der Waals surface area (Å²) in [5.74, 6) is -8.49. The first kappa shape index (κ1) is 48.1. The number of allylic oxidation sites excluding steroid dienone is 1. The van der Waals surface area contributed by atoms with Crippen molar-refractivity contribution in [3.05, 3.63) is 22.1 Å². The Morgan fingerprint density at radius 2 is 1.75 bits per heavy atom. The topological polar surface area (TPSA) is 261 Å². The molecule has 1 amide bonds. The number of nitrogens with zero attached hydrogens (tertiary/aromatic N) is 4. The van der Waals surface area contributed by atoms with Crippen LogP contribution in [0.3, 0.4) is 0 Å². The van der Waals surface area contributed by atoms with Gasteiger partial charge in [-0.3, -0.25) is 19.2 Å². The van der Waals surface area contributed by atoms with E-state index in [1.165, 1.54) is 27.2 Å². The number of Topliss-reactive ketones (excluding diaryl/α,β-unsaturated/α-hetero) is 3. The Kier molecular flexibility index (Phi) is 18.7. The zero-order valence-corrected chi connectivity index (χ0v) is 34.6. The van der Waals surface area contributed by atoms with E-state index in [1.54, 1.807) is 27.7 Å². The summed E-state index contributed by atoms with van der Waals surface area (Å²) in [6.45, 7) is 8.30. The molecule has 2 saturated heterocycles. The molecule has 0 aromatic carbocycles. The highest BCUT2D eigenvalue weighted by Gasteiger charge is 2.52. The van der Waals surface area contributed by atoms with Gasteiger partial charge in [-0.2, -0.15) is 0 Å². The van der Waals surface area contributed by atoms with E-state index in [0.717, 1.165) is 4.90 Å². The Labute approximate surface area is 335 Å². The third-order valence-electron chi connectivity index (χ3n) is 11.9. The standard InChI is InChI=1S/C40H65N5O12/c1-22(2)34(47)36(49)35(48)24(4)18-23(3)31(46)21-32(28(41)19-26-12-14-29(43-44-42)33(20-26)55-7)56-39(52)30-10-8-9-16-45(30)38(51)37(50)40(53)25(5)11-13-27(57-40)15-17-54-6/h18,22-23,25-30,32-33,35-36,48-49,53H,8-17,19-21,41H2,1-7H3/b24-18+/t23-,25-,26+,27+,28-,29?,30+,32+,33-,35-,36+,40-/m1/s1. The molecule has 0 spiro atoms. The average molecular weight is 808 g/mol. The molecule has 57 heavy (non-hydrogen) atoms. The largest absolute Gasteiger partial charge is 0.459 e. The lowest BCUT2D eigenvalue weighted by Gasteiger charge is -2.42. The fourth-order valence-electron chi connectivity index (χ4n) is 8.12. The smallest absolute Gasteiger partial charge is 0.329 e. The Morgan fingerprint density at radius 3 is 2.39 bits per heavy atom. The normalized spacial score (nSPS) is 29.7. The second-order valence-electron chi connectivity index (χ2n) is 16.5. The number of nitrogens with two attached hydrogens (primary N) is 1. The van der Waals surface area contributed by atoms with Crippen LogP contribution in [0.15, 0.2) is 16.8 Å². The van der Waals surface area contributed by atoms with Crippen LogP contribution in [-0.2, 0) is 42.9 Å². The van der Waals surface area contributed by atoms with Crippen molar-refractivity contribution in [1.29, 1.82) is 0 Å². The minimum Gasteiger partial charge on any atom is -0.459 e. The van der Waals surface area contributed by atoms with Gasteiger partial charge in [0.25, 0.3) is 11.7 Å². The average Bonchev–Trinajstić information content (AvgIpc) is 3.19. The lowest BCUT2D eigenvalue weighted by atomic mass is 9.79. The number of piperidine rings is 1. The van der Waals surface area contributed by atoms with E-state index in [0.29, 0.717) is 64.4 Å². The molecule has 0 bridgehead atoms. The molecule has 3 aliphatic rings. The first-order chi connectivity index (χ1) is 26.9. The van der Waals surface area contributed by atoms with Crippen molar-refractivity contribution in [2.45, 2.75) is 160 Å². The summed E-state index contributed by atoms with van der Waals surface area (Å²) in [5.41, 5.74) is 16.0. The highest BCUT2D eigenvalue weighted by atomic mass is 16.6. The van der Waals surface area contributed by atoms with Crippen molar-refractivity contribution >= 4 is 29.2 Å². The molecule has 0 radical (unpaired) electrons. The first-order valence-corrected chi connectivity index (χ1v) is 20.3. The van der Waals surface area contributed by atoms with Gasteiger partial charge in [-0.15, -0.1) is 0 Å². The van der Waals surface area contributed by atoms with E-state index in [-0.39, 0.29) is 43.0 Å². The number of aliphatic hydroxyl groups excluding tert-OH is 2. The van der Waals surface area contributed by atoms with Crippen LogP contribution >= 0.6 is 0 Å². The van der Waals surface area contributed by atoms with E-state index in [9.17, 15) is 39.3 Å². The molecule has 2 heterocycles. The number of rotatable bonds is 20. The number of carbonyl (C=O) groups excluding carboxylic acids is 5. The lowest BCUT2D eigenvalue weighted by molar-refractivity contribution is -0.264. The fraction of sp³-hybridized carbons (Fsp3) is 0.825. The SMILES string of the molecule is COCC[C@@H]1CC[C@@H](C)[C@](O)(C(=O)C(=O)N2CCCC[C@H]2C(=O)O[C@@H](CC(=O)[C@H](C)/C=C(\C)[C@@H](O)[C@@H](O)C(=O)C(C)C)[C@H](N)C[C@@H]2CCC(N=[N+]=[N-])[C@H](OC)C2)O1. The number of esters is 1. The molecule has 17 heteroatoms. The quantitative estimate of drug-likeness (QED) is 0.0345. The van der Waals surface area contributed by atoms with E-state index < -0.39 is 89.3 Å². The van der Waals surface area contributed by atoms with Gasteiger partial charge in [0.2, 0.25) is 5.79 Å². The predicted octanol–water partition coefficient (Wildman–Crippen LogP) is 3.09. The minimum atomic E-state index is -2.39. The second-order valence-corrected chi connectivity index (χ2v) is 16.5. The van der Waals surface area contributed by atoms with Gasteiger partial charge in [-0.05, 0) is 88.2 Å². The molecule has 5 N–H and O–H groups in total. The molecule has 322 valence electrons. The van der Waals surface area contributed by atoms with E-state index >= 15 is 0 Å². The third kappa shape index (κ3) is 12.6. The van der Waals surface area contributed by atoms with Crippen molar-refractivity contribution in [1.82, 2.24) is 4.90 Å². The number of methoxy groups -OCH3 is 2. The molecule has 12 atom stereocenters. The van der Waals surface area contributed by atoms with Crippen LogP contribution in [0.2, 0.25) is 0 Å². The molecule has 0 aromatic heterocycles. The predicted molar refractivity (Wildman–Crippen MR) is 207 cm³/mol. The molecule has 0 aromatic rings. The number of likely N-dealkylation sites (tertiary alicyclic amines) is 1. The highest BCUT2D eigenvalue weighted by molar-refractivity contribution is 6.39. The van der Waals surface area contributed by atoms with Crippen molar-refractivity contribution < 1.29 is 58.2 Å². The van der Waals surface area contributed by atoms with Gasteiger partial charge in [0, 0.05) is 62.5 Å². The van der Waals surface area contributed by atoms with Crippen LogP contribution in [0.25, 0.3) is 10.4 Å². The third-order valence-corrected chi connectivity index (χ3v) is 11.9. The summed E-state index contributed by atoms with van der Waals surface area (Å²) >= 11 is 0. The Morgan fingerprint density at radius 1 is 1.05 bits per heavy atom. The number of hydrogen-bond donors (Lipinski definition) is 4. The van der Waals surface area contributed by atoms with E-state index in [2.05, 4.69) is 10.0 Å². The Bertz CT molecular complexity index is 1480. The van der Waals surface area contributed by atoms with Crippen LogP contribution in [-0.4, -0.2) is 131 Å². The zero-order valence-electron chi connectivity index (χ0n) is 34.6. The minimum absolute atomic E-state index is 0.0302. The first-order valence-electron chi connectivity index (χ1n) is 20.3. The summed E-state index contributed by atoms with van der Waals surface area (Å²) in [6.07, 6.45) is 0.540. The summed E-state index contributed by atoms with van der Waals surface area (Å²) in [5, 5.41) is 36.4. The molecule has 2 aliphatic heterocycles. The van der Waals surface area contributed by atoms with Gasteiger partial charge < -0.3 is 44.9 Å². The monoisotopic (exact) mass is 807 g/mol. The number of hydrogen-bond acceptors (Lipinski definition) is 14. The van der Waals surface area contributed by atoms with Crippen LogP contribution in [0.4, 0.5) is 0 Å². The molecule has 1 aliphatic carbocycles. The van der Waals surface area contributed by atoms with Crippen molar-refractivity contribution in [2.24, 2.45) is 34.5 Å². The van der Waals surface area contributed by atoms with E-state index in [4.69, 9.17) is 30.2 Å². The Hall–Kier alpha value is -3.28. The highest BCUT2D eigenvalue weighted by Crippen LogP contribution is 2.36. The van der Waals surface area contributed by atoms with Crippen LogP contribution in [0.5, 0.6) is 0 Å². The van der Waals surface area contributed by atoms with Gasteiger partial charge in [-0.25, -0.2) is 4.79 Å². The summed E-state index contributed by atoms with van der Waals surface area (Å²) in [4.78, 5) is 71.8. The van der Waals surface area contributed by atoms with Gasteiger partial charge in [-0.1, -0.05) is 38.9 Å². The maximum absolute atomic E-state index is 14.1. The maximum atomic E-state index is 14.1. The number of carbonyl (C=O) groups is 5.